The van der Waals surface area contributed by atoms with Gasteiger partial charge in [-0.25, -0.2) is 4.79 Å². The maximum absolute atomic E-state index is 12.1. The third-order valence-electron chi connectivity index (χ3n) is 4.17. The number of hydrogen-bond acceptors (Lipinski definition) is 4. The van der Waals surface area contributed by atoms with Crippen molar-refractivity contribution in [2.45, 2.75) is 26.4 Å². The monoisotopic (exact) mass is 289 g/mol. The molecule has 0 bridgehead atoms. The predicted octanol–water partition coefficient (Wildman–Crippen LogP) is 2.38. The zero-order valence-corrected chi connectivity index (χ0v) is 13.0. The summed E-state index contributed by atoms with van der Waals surface area (Å²) in [5.74, 6) is 1.09. The minimum Gasteiger partial charge on any atom is -0.444 e. The number of nitrogens with zero attached hydrogens (tertiary/aromatic N) is 3. The molecule has 0 saturated carbocycles. The molecule has 0 spiro atoms. The SMILES string of the molecule is CC(C)(C)OC(=O)N1CC2CN(c3ccncc3)CC2C1. The molecule has 0 aliphatic carbocycles. The van der Waals surface area contributed by atoms with E-state index in [2.05, 4.69) is 9.88 Å². The Balaban J connectivity index is 1.58. The third kappa shape index (κ3) is 3.12. The van der Waals surface area contributed by atoms with Gasteiger partial charge < -0.3 is 14.5 Å². The Morgan fingerprint density at radius 2 is 1.71 bits per heavy atom. The number of carbonyl (C=O) groups is 1. The Kier molecular flexibility index (Phi) is 3.51. The second-order valence-corrected chi connectivity index (χ2v) is 7.02. The van der Waals surface area contributed by atoms with Gasteiger partial charge >= 0.3 is 6.09 Å². The van der Waals surface area contributed by atoms with Crippen molar-refractivity contribution in [2.24, 2.45) is 11.8 Å². The quantitative estimate of drug-likeness (QED) is 0.796. The molecule has 5 heteroatoms. The highest BCUT2D eigenvalue weighted by molar-refractivity contribution is 5.68. The molecule has 1 amide bonds. The Morgan fingerprint density at radius 1 is 1.14 bits per heavy atom. The minimum absolute atomic E-state index is 0.174. The number of amides is 1. The fourth-order valence-electron chi connectivity index (χ4n) is 3.23. The summed E-state index contributed by atoms with van der Waals surface area (Å²) in [6, 6.07) is 4.10. The fraction of sp³-hybridized carbons (Fsp3) is 0.625. The van der Waals surface area contributed by atoms with Gasteiger partial charge in [-0.2, -0.15) is 0 Å². The summed E-state index contributed by atoms with van der Waals surface area (Å²) in [6.45, 7) is 9.36. The van der Waals surface area contributed by atoms with Gasteiger partial charge in [-0.05, 0) is 32.9 Å². The second-order valence-electron chi connectivity index (χ2n) is 7.02. The van der Waals surface area contributed by atoms with Gasteiger partial charge in [0.2, 0.25) is 0 Å². The lowest BCUT2D eigenvalue weighted by atomic mass is 10.0. The van der Waals surface area contributed by atoms with Crippen molar-refractivity contribution in [3.63, 3.8) is 0 Å². The lowest BCUT2D eigenvalue weighted by Gasteiger charge is -2.26. The zero-order valence-electron chi connectivity index (χ0n) is 13.0. The Bertz CT molecular complexity index is 498. The first kappa shape index (κ1) is 14.2. The lowest BCUT2D eigenvalue weighted by molar-refractivity contribution is 0.0282. The van der Waals surface area contributed by atoms with Crippen LogP contribution in [0, 0.1) is 11.8 Å². The average Bonchev–Trinajstić information content (AvgIpc) is 2.95. The largest absolute Gasteiger partial charge is 0.444 e. The van der Waals surface area contributed by atoms with Gasteiger partial charge in [0, 0.05) is 56.1 Å². The molecule has 0 radical (unpaired) electrons. The number of hydrogen-bond donors (Lipinski definition) is 0. The third-order valence-corrected chi connectivity index (χ3v) is 4.17. The van der Waals surface area contributed by atoms with Crippen LogP contribution in [0.4, 0.5) is 10.5 Å². The smallest absolute Gasteiger partial charge is 0.410 e. The van der Waals surface area contributed by atoms with Gasteiger partial charge in [-0.1, -0.05) is 0 Å². The van der Waals surface area contributed by atoms with E-state index in [1.165, 1.54) is 5.69 Å². The van der Waals surface area contributed by atoms with Crippen molar-refractivity contribution < 1.29 is 9.53 Å². The van der Waals surface area contributed by atoms with E-state index in [0.717, 1.165) is 26.2 Å². The van der Waals surface area contributed by atoms with Crippen LogP contribution in [0.2, 0.25) is 0 Å². The molecule has 3 heterocycles. The zero-order chi connectivity index (χ0) is 15.0. The maximum atomic E-state index is 12.1. The molecule has 2 aliphatic heterocycles. The molecule has 2 aliphatic rings. The lowest BCUT2D eigenvalue weighted by Crippen LogP contribution is -2.37. The summed E-state index contributed by atoms with van der Waals surface area (Å²) in [7, 11) is 0. The fourth-order valence-corrected chi connectivity index (χ4v) is 3.23. The highest BCUT2D eigenvalue weighted by Crippen LogP contribution is 2.34. The van der Waals surface area contributed by atoms with Crippen LogP contribution >= 0.6 is 0 Å². The number of carbonyl (C=O) groups excluding carboxylic acids is 1. The van der Waals surface area contributed by atoms with E-state index in [9.17, 15) is 4.79 Å². The molecule has 0 aromatic carbocycles. The number of pyridine rings is 1. The van der Waals surface area contributed by atoms with Crippen LogP contribution in [0.15, 0.2) is 24.5 Å². The predicted molar refractivity (Wildman–Crippen MR) is 81.2 cm³/mol. The Hall–Kier alpha value is -1.78. The summed E-state index contributed by atoms with van der Waals surface area (Å²) in [5, 5.41) is 0. The van der Waals surface area contributed by atoms with Crippen LogP contribution in [-0.4, -0.2) is 47.8 Å². The molecule has 3 rings (SSSR count). The van der Waals surface area contributed by atoms with Crippen molar-refractivity contribution in [2.75, 3.05) is 31.1 Å². The van der Waals surface area contributed by atoms with E-state index in [1.807, 2.05) is 50.2 Å². The normalized spacial score (nSPS) is 25.1. The van der Waals surface area contributed by atoms with Gasteiger partial charge in [-0.3, -0.25) is 4.98 Å². The number of rotatable bonds is 1. The van der Waals surface area contributed by atoms with Crippen LogP contribution in [0.5, 0.6) is 0 Å². The second kappa shape index (κ2) is 5.20. The molecule has 2 fully saturated rings. The number of likely N-dealkylation sites (tertiary alicyclic amines) is 1. The van der Waals surface area contributed by atoms with Gasteiger partial charge in [0.1, 0.15) is 5.60 Å². The number of ether oxygens (including phenoxy) is 1. The molecule has 114 valence electrons. The first-order valence-electron chi connectivity index (χ1n) is 7.55. The standard InChI is InChI=1S/C16H23N3O2/c1-16(2,3)21-15(20)19-10-12-8-18(9-13(12)11-19)14-4-6-17-7-5-14/h4-7,12-13H,8-11H2,1-3H3. The van der Waals surface area contributed by atoms with Crippen molar-refractivity contribution in [1.29, 1.82) is 0 Å². The first-order chi connectivity index (χ1) is 9.92. The summed E-state index contributed by atoms with van der Waals surface area (Å²) in [5.41, 5.74) is 0.806. The van der Waals surface area contributed by atoms with E-state index >= 15 is 0 Å². The summed E-state index contributed by atoms with van der Waals surface area (Å²) >= 11 is 0. The average molecular weight is 289 g/mol. The van der Waals surface area contributed by atoms with Gasteiger partial charge in [0.25, 0.3) is 0 Å². The van der Waals surface area contributed by atoms with Crippen LogP contribution in [-0.2, 0) is 4.74 Å². The summed E-state index contributed by atoms with van der Waals surface area (Å²) in [4.78, 5) is 20.4. The topological polar surface area (TPSA) is 45.7 Å². The summed E-state index contributed by atoms with van der Waals surface area (Å²) in [6.07, 6.45) is 3.49. The van der Waals surface area contributed by atoms with Crippen molar-refractivity contribution in [3.05, 3.63) is 24.5 Å². The molecule has 2 atom stereocenters. The molecule has 5 nitrogen and oxygen atoms in total. The number of anilines is 1. The molecule has 2 saturated heterocycles. The number of fused-ring (bicyclic) bond motifs is 1. The molecule has 21 heavy (non-hydrogen) atoms. The van der Waals surface area contributed by atoms with Crippen molar-refractivity contribution in [3.8, 4) is 0 Å². The highest BCUT2D eigenvalue weighted by Gasteiger charge is 2.42. The minimum atomic E-state index is -0.419. The molecular formula is C16H23N3O2. The van der Waals surface area contributed by atoms with Crippen LogP contribution < -0.4 is 4.90 Å². The van der Waals surface area contributed by atoms with E-state index in [0.29, 0.717) is 11.8 Å². The van der Waals surface area contributed by atoms with E-state index < -0.39 is 5.60 Å². The van der Waals surface area contributed by atoms with Gasteiger partial charge in [0.15, 0.2) is 0 Å². The van der Waals surface area contributed by atoms with Crippen LogP contribution in [0.3, 0.4) is 0 Å². The highest BCUT2D eigenvalue weighted by atomic mass is 16.6. The molecular weight excluding hydrogens is 266 g/mol. The Morgan fingerprint density at radius 3 is 2.24 bits per heavy atom. The Labute approximate surface area is 125 Å². The van der Waals surface area contributed by atoms with Gasteiger partial charge in [0.05, 0.1) is 0 Å². The van der Waals surface area contributed by atoms with E-state index in [4.69, 9.17) is 4.74 Å². The first-order valence-corrected chi connectivity index (χ1v) is 7.55. The summed E-state index contributed by atoms with van der Waals surface area (Å²) < 4.78 is 5.46. The molecule has 2 unspecified atom stereocenters. The maximum Gasteiger partial charge on any atom is 0.410 e. The van der Waals surface area contributed by atoms with Crippen molar-refractivity contribution >= 4 is 11.8 Å². The van der Waals surface area contributed by atoms with E-state index in [-0.39, 0.29) is 6.09 Å². The molecule has 0 N–H and O–H groups in total. The van der Waals surface area contributed by atoms with E-state index in [1.54, 1.807) is 0 Å². The van der Waals surface area contributed by atoms with Crippen LogP contribution in [0.1, 0.15) is 20.8 Å². The van der Waals surface area contributed by atoms with Gasteiger partial charge in [-0.15, -0.1) is 0 Å². The molecule has 1 aromatic rings. The van der Waals surface area contributed by atoms with Crippen molar-refractivity contribution in [1.82, 2.24) is 9.88 Å². The molecule has 1 aromatic heterocycles. The number of aromatic nitrogens is 1. The van der Waals surface area contributed by atoms with Crippen LogP contribution in [0.25, 0.3) is 0 Å².